The third kappa shape index (κ3) is 3.97. The van der Waals surface area contributed by atoms with Crippen molar-refractivity contribution in [2.45, 2.75) is 18.9 Å². The van der Waals surface area contributed by atoms with Crippen molar-refractivity contribution in [1.29, 1.82) is 0 Å². The van der Waals surface area contributed by atoms with Crippen LogP contribution in [-0.2, 0) is 0 Å². The maximum atomic E-state index is 12.7. The van der Waals surface area contributed by atoms with E-state index in [4.69, 9.17) is 5.73 Å². The Morgan fingerprint density at radius 1 is 1.33 bits per heavy atom. The van der Waals surface area contributed by atoms with Crippen LogP contribution in [-0.4, -0.2) is 11.5 Å². The Morgan fingerprint density at radius 2 is 1.93 bits per heavy atom. The SMILES string of the molecule is Cl.N[C@@H](CC(F)F)c1cc(F)ccc1O. The number of nitrogens with two attached hydrogens (primary N) is 1. The molecular weight excluding hydrogens is 231 g/mol. The second-order valence-corrected chi connectivity index (χ2v) is 2.94. The Morgan fingerprint density at radius 3 is 2.47 bits per heavy atom. The zero-order chi connectivity index (χ0) is 10.7. The van der Waals surface area contributed by atoms with Gasteiger partial charge < -0.3 is 10.8 Å². The van der Waals surface area contributed by atoms with Crippen molar-refractivity contribution in [3.8, 4) is 5.75 Å². The molecule has 2 nitrogen and oxygen atoms in total. The van der Waals surface area contributed by atoms with Gasteiger partial charge >= 0.3 is 0 Å². The van der Waals surface area contributed by atoms with Gasteiger partial charge in [-0.25, -0.2) is 13.2 Å². The predicted molar refractivity (Wildman–Crippen MR) is 52.9 cm³/mol. The minimum absolute atomic E-state index is 0. The van der Waals surface area contributed by atoms with Crippen LogP contribution in [0.5, 0.6) is 5.75 Å². The summed E-state index contributed by atoms with van der Waals surface area (Å²) in [6.45, 7) is 0. The maximum absolute atomic E-state index is 12.7. The van der Waals surface area contributed by atoms with Crippen molar-refractivity contribution in [2.75, 3.05) is 0 Å². The quantitative estimate of drug-likeness (QED) is 0.855. The number of alkyl halides is 2. The monoisotopic (exact) mass is 241 g/mol. The minimum Gasteiger partial charge on any atom is -0.508 e. The molecular formula is C9H11ClF3NO. The first-order valence-electron chi connectivity index (χ1n) is 4.03. The number of phenolic OH excluding ortho intramolecular Hbond substituents is 1. The first kappa shape index (κ1) is 14.1. The topological polar surface area (TPSA) is 46.2 Å². The van der Waals surface area contributed by atoms with Crippen LogP contribution in [0.15, 0.2) is 18.2 Å². The van der Waals surface area contributed by atoms with Gasteiger partial charge in [-0.15, -0.1) is 12.4 Å². The lowest BCUT2D eigenvalue weighted by Gasteiger charge is -2.12. The standard InChI is InChI=1S/C9H10F3NO.ClH/c10-5-1-2-8(14)6(3-5)7(13)4-9(11)12;/h1-3,7,9,14H,4,13H2;1H/t7-;/m0./s1. The van der Waals surface area contributed by atoms with E-state index in [1.807, 2.05) is 0 Å². The summed E-state index contributed by atoms with van der Waals surface area (Å²) in [6, 6.07) is 2.04. The van der Waals surface area contributed by atoms with Gasteiger partial charge in [-0.1, -0.05) is 0 Å². The summed E-state index contributed by atoms with van der Waals surface area (Å²) >= 11 is 0. The van der Waals surface area contributed by atoms with Gasteiger partial charge in [0.25, 0.3) is 0 Å². The second kappa shape index (κ2) is 5.82. The number of benzene rings is 1. The summed E-state index contributed by atoms with van der Waals surface area (Å²) in [5.41, 5.74) is 5.36. The Labute approximate surface area is 91.3 Å². The fraction of sp³-hybridized carbons (Fsp3) is 0.333. The van der Waals surface area contributed by atoms with Gasteiger partial charge in [-0.05, 0) is 18.2 Å². The smallest absolute Gasteiger partial charge is 0.240 e. The molecule has 0 fully saturated rings. The van der Waals surface area contributed by atoms with Crippen molar-refractivity contribution in [3.05, 3.63) is 29.6 Å². The van der Waals surface area contributed by atoms with E-state index < -0.39 is 24.7 Å². The van der Waals surface area contributed by atoms with Crippen molar-refractivity contribution in [2.24, 2.45) is 5.73 Å². The fourth-order valence-electron chi connectivity index (χ4n) is 1.14. The molecule has 0 aliphatic rings. The van der Waals surface area contributed by atoms with Gasteiger partial charge in [0.05, 0.1) is 0 Å². The number of aromatic hydroxyl groups is 1. The van der Waals surface area contributed by atoms with E-state index in [0.29, 0.717) is 0 Å². The zero-order valence-corrected chi connectivity index (χ0v) is 8.48. The van der Waals surface area contributed by atoms with E-state index >= 15 is 0 Å². The van der Waals surface area contributed by atoms with E-state index in [0.717, 1.165) is 18.2 Å². The first-order valence-corrected chi connectivity index (χ1v) is 4.03. The van der Waals surface area contributed by atoms with E-state index in [2.05, 4.69) is 0 Å². The molecule has 1 rings (SSSR count). The molecule has 86 valence electrons. The van der Waals surface area contributed by atoms with Crippen LogP contribution in [0.2, 0.25) is 0 Å². The van der Waals surface area contributed by atoms with Crippen LogP contribution < -0.4 is 5.73 Å². The summed E-state index contributed by atoms with van der Waals surface area (Å²) in [5, 5.41) is 9.23. The summed E-state index contributed by atoms with van der Waals surface area (Å²) in [6.07, 6.45) is -3.18. The van der Waals surface area contributed by atoms with Crippen molar-refractivity contribution < 1.29 is 18.3 Å². The molecule has 0 saturated carbocycles. The van der Waals surface area contributed by atoms with Crippen LogP contribution in [0, 0.1) is 5.82 Å². The normalized spacial score (nSPS) is 12.3. The summed E-state index contributed by atoms with van der Waals surface area (Å²) in [5.74, 6) is -0.873. The minimum atomic E-state index is -2.58. The number of phenols is 1. The average molecular weight is 242 g/mol. The number of hydrogen-bond acceptors (Lipinski definition) is 2. The van der Waals surface area contributed by atoms with Gasteiger partial charge in [0.1, 0.15) is 11.6 Å². The molecule has 3 N–H and O–H groups in total. The van der Waals surface area contributed by atoms with E-state index in [1.165, 1.54) is 0 Å². The first-order chi connectivity index (χ1) is 6.50. The summed E-state index contributed by atoms with van der Waals surface area (Å²) in [7, 11) is 0. The molecule has 0 radical (unpaired) electrons. The second-order valence-electron chi connectivity index (χ2n) is 2.94. The molecule has 0 amide bonds. The highest BCUT2D eigenvalue weighted by Gasteiger charge is 2.16. The summed E-state index contributed by atoms with van der Waals surface area (Å²) < 4.78 is 36.6. The molecule has 1 aromatic carbocycles. The van der Waals surface area contributed by atoms with Gasteiger partial charge in [-0.2, -0.15) is 0 Å². The van der Waals surface area contributed by atoms with Gasteiger partial charge in [0, 0.05) is 18.0 Å². The van der Waals surface area contributed by atoms with Crippen LogP contribution in [0.3, 0.4) is 0 Å². The molecule has 0 aromatic heterocycles. The lowest BCUT2D eigenvalue weighted by molar-refractivity contribution is 0.128. The van der Waals surface area contributed by atoms with Crippen LogP contribution >= 0.6 is 12.4 Å². The predicted octanol–water partition coefficient (Wildman–Crippen LogP) is 2.61. The fourth-order valence-corrected chi connectivity index (χ4v) is 1.14. The van der Waals surface area contributed by atoms with Crippen LogP contribution in [0.4, 0.5) is 13.2 Å². The van der Waals surface area contributed by atoms with Gasteiger partial charge in [-0.3, -0.25) is 0 Å². The molecule has 0 spiro atoms. The highest BCUT2D eigenvalue weighted by Crippen LogP contribution is 2.26. The molecule has 15 heavy (non-hydrogen) atoms. The largest absolute Gasteiger partial charge is 0.508 e. The number of rotatable bonds is 3. The molecule has 1 atom stereocenters. The Kier molecular flexibility index (Phi) is 5.46. The highest BCUT2D eigenvalue weighted by molar-refractivity contribution is 5.85. The number of hydrogen-bond donors (Lipinski definition) is 2. The van der Waals surface area contributed by atoms with E-state index in [1.54, 1.807) is 0 Å². The Bertz CT molecular complexity index is 322. The molecule has 6 heteroatoms. The molecule has 0 aliphatic carbocycles. The average Bonchev–Trinajstić information content (AvgIpc) is 2.08. The lowest BCUT2D eigenvalue weighted by Crippen LogP contribution is -2.14. The van der Waals surface area contributed by atoms with Crippen molar-refractivity contribution >= 4 is 12.4 Å². The molecule has 0 aliphatic heterocycles. The molecule has 0 unspecified atom stereocenters. The third-order valence-corrected chi connectivity index (χ3v) is 1.82. The summed E-state index contributed by atoms with van der Waals surface area (Å²) in [4.78, 5) is 0. The maximum Gasteiger partial charge on any atom is 0.240 e. The Hall–Kier alpha value is -0.940. The van der Waals surface area contributed by atoms with Crippen LogP contribution in [0.25, 0.3) is 0 Å². The molecule has 0 heterocycles. The van der Waals surface area contributed by atoms with Gasteiger partial charge in [0.2, 0.25) is 6.43 Å². The zero-order valence-electron chi connectivity index (χ0n) is 7.66. The Balaban J connectivity index is 0.00000196. The molecule has 1 aromatic rings. The van der Waals surface area contributed by atoms with Crippen molar-refractivity contribution in [3.63, 3.8) is 0 Å². The molecule has 0 bridgehead atoms. The highest BCUT2D eigenvalue weighted by atomic mass is 35.5. The number of halogens is 4. The lowest BCUT2D eigenvalue weighted by atomic mass is 10.0. The van der Waals surface area contributed by atoms with Crippen molar-refractivity contribution in [1.82, 2.24) is 0 Å². The third-order valence-electron chi connectivity index (χ3n) is 1.82. The van der Waals surface area contributed by atoms with E-state index in [-0.39, 0.29) is 23.7 Å². The van der Waals surface area contributed by atoms with Gasteiger partial charge in [0.15, 0.2) is 0 Å². The van der Waals surface area contributed by atoms with Crippen LogP contribution in [0.1, 0.15) is 18.0 Å². The molecule has 0 saturated heterocycles. The van der Waals surface area contributed by atoms with E-state index in [9.17, 15) is 18.3 Å².